The van der Waals surface area contributed by atoms with Gasteiger partial charge in [0.25, 0.3) is 0 Å². The third kappa shape index (κ3) is 3.81. The van der Waals surface area contributed by atoms with Crippen LogP contribution in [0.5, 0.6) is 0 Å². The van der Waals surface area contributed by atoms with Gasteiger partial charge in [0.05, 0.1) is 11.8 Å². The lowest BCUT2D eigenvalue weighted by atomic mass is 9.93. The Balaban J connectivity index is 2.71. The van der Waals surface area contributed by atoms with Crippen molar-refractivity contribution in [2.75, 3.05) is 5.32 Å². The number of hydrogen-bond donors (Lipinski definition) is 1. The number of aromatic nitrogens is 1. The smallest absolute Gasteiger partial charge is 0.243 e. The molecule has 18 heavy (non-hydrogen) atoms. The van der Waals surface area contributed by atoms with Gasteiger partial charge in [-0.05, 0) is 6.42 Å². The maximum absolute atomic E-state index is 11.8. The molecule has 0 bridgehead atoms. The Morgan fingerprint density at radius 3 is 2.72 bits per heavy atom. The second kappa shape index (κ2) is 5.96. The highest BCUT2D eigenvalue weighted by Gasteiger charge is 2.21. The highest BCUT2D eigenvalue weighted by molar-refractivity contribution is 7.13. The van der Waals surface area contributed by atoms with Gasteiger partial charge in [0.15, 0.2) is 5.13 Å². The summed E-state index contributed by atoms with van der Waals surface area (Å²) < 4.78 is 0. The number of nitriles is 1. The molecule has 1 atom stereocenters. The summed E-state index contributed by atoms with van der Waals surface area (Å²) in [6.07, 6.45) is 1.40. The number of hydrogen-bond acceptors (Lipinski definition) is 4. The van der Waals surface area contributed by atoms with E-state index < -0.39 is 5.92 Å². The van der Waals surface area contributed by atoms with Gasteiger partial charge in [0.2, 0.25) is 5.91 Å². The Bertz CT molecular complexity index is 454. The van der Waals surface area contributed by atoms with E-state index >= 15 is 0 Å². The zero-order chi connectivity index (χ0) is 13.8. The molecule has 1 amide bonds. The van der Waals surface area contributed by atoms with Gasteiger partial charge >= 0.3 is 0 Å². The summed E-state index contributed by atoms with van der Waals surface area (Å²) in [7, 11) is 0. The van der Waals surface area contributed by atoms with E-state index in [2.05, 4.69) is 31.1 Å². The van der Waals surface area contributed by atoms with Crippen molar-refractivity contribution in [1.82, 2.24) is 4.98 Å². The van der Waals surface area contributed by atoms with Crippen molar-refractivity contribution in [2.24, 2.45) is 5.92 Å². The van der Waals surface area contributed by atoms with Crippen LogP contribution in [0.3, 0.4) is 0 Å². The fourth-order valence-corrected chi connectivity index (χ4v) is 2.35. The summed E-state index contributed by atoms with van der Waals surface area (Å²) in [6, 6.07) is 2.02. The maximum atomic E-state index is 11.8. The van der Waals surface area contributed by atoms with Crippen molar-refractivity contribution >= 4 is 22.4 Å². The van der Waals surface area contributed by atoms with Crippen LogP contribution in [0.1, 0.15) is 46.2 Å². The number of carbonyl (C=O) groups is 1. The fraction of sp³-hybridized carbons (Fsp3) is 0.615. The fourth-order valence-electron chi connectivity index (χ4n) is 1.41. The molecule has 0 aliphatic carbocycles. The van der Waals surface area contributed by atoms with Crippen LogP contribution in [0, 0.1) is 17.2 Å². The molecule has 1 unspecified atom stereocenters. The molecule has 98 valence electrons. The first-order valence-corrected chi connectivity index (χ1v) is 6.93. The molecular weight excluding hydrogens is 246 g/mol. The first-order chi connectivity index (χ1) is 8.38. The lowest BCUT2D eigenvalue weighted by molar-refractivity contribution is -0.118. The SMILES string of the molecule is CCCC(C#N)C(=O)Nc1nc(C(C)(C)C)cs1. The van der Waals surface area contributed by atoms with Crippen molar-refractivity contribution in [3.05, 3.63) is 11.1 Å². The Kier molecular flexibility index (Phi) is 4.85. The average molecular weight is 265 g/mol. The lowest BCUT2D eigenvalue weighted by Crippen LogP contribution is -2.21. The van der Waals surface area contributed by atoms with Crippen LogP contribution in [0.2, 0.25) is 0 Å². The molecule has 0 aliphatic heterocycles. The summed E-state index contributed by atoms with van der Waals surface area (Å²) in [5.74, 6) is -0.842. The maximum Gasteiger partial charge on any atom is 0.243 e. The van der Waals surface area contributed by atoms with Gasteiger partial charge in [-0.15, -0.1) is 11.3 Å². The molecule has 1 aromatic rings. The highest BCUT2D eigenvalue weighted by Crippen LogP contribution is 2.26. The molecule has 1 aromatic heterocycles. The van der Waals surface area contributed by atoms with Crippen LogP contribution < -0.4 is 5.32 Å². The molecule has 0 saturated heterocycles. The predicted octanol–water partition coefficient (Wildman–Crippen LogP) is 3.32. The second-order valence-corrected chi connectivity index (χ2v) is 6.11. The number of amides is 1. The van der Waals surface area contributed by atoms with Crippen LogP contribution in [0.15, 0.2) is 5.38 Å². The van der Waals surface area contributed by atoms with E-state index in [4.69, 9.17) is 5.26 Å². The van der Waals surface area contributed by atoms with E-state index in [1.54, 1.807) is 0 Å². The largest absolute Gasteiger partial charge is 0.301 e. The number of carbonyl (C=O) groups excluding carboxylic acids is 1. The minimum absolute atomic E-state index is 0.0302. The highest BCUT2D eigenvalue weighted by atomic mass is 32.1. The van der Waals surface area contributed by atoms with E-state index in [1.807, 2.05) is 18.4 Å². The lowest BCUT2D eigenvalue weighted by Gasteiger charge is -2.14. The third-order valence-corrected chi connectivity index (χ3v) is 3.31. The van der Waals surface area contributed by atoms with Crippen molar-refractivity contribution in [3.63, 3.8) is 0 Å². The summed E-state index contributed by atoms with van der Waals surface area (Å²) in [6.45, 7) is 8.17. The molecule has 1 heterocycles. The van der Waals surface area contributed by atoms with Crippen molar-refractivity contribution in [1.29, 1.82) is 5.26 Å². The molecule has 0 aromatic carbocycles. The third-order valence-electron chi connectivity index (χ3n) is 2.55. The van der Waals surface area contributed by atoms with Gasteiger partial charge < -0.3 is 5.32 Å². The van der Waals surface area contributed by atoms with Crippen LogP contribution in [-0.2, 0) is 10.2 Å². The topological polar surface area (TPSA) is 65.8 Å². The minimum atomic E-state index is -0.586. The Labute approximate surface area is 112 Å². The molecular formula is C13H19N3OS. The first-order valence-electron chi connectivity index (χ1n) is 6.05. The Morgan fingerprint density at radius 1 is 1.61 bits per heavy atom. The Hall–Kier alpha value is -1.41. The quantitative estimate of drug-likeness (QED) is 0.908. The molecule has 1 N–H and O–H groups in total. The van der Waals surface area contributed by atoms with Gasteiger partial charge in [0, 0.05) is 10.8 Å². The predicted molar refractivity (Wildman–Crippen MR) is 73.5 cm³/mol. The van der Waals surface area contributed by atoms with E-state index in [0.717, 1.165) is 12.1 Å². The second-order valence-electron chi connectivity index (χ2n) is 5.25. The molecule has 0 fully saturated rings. The van der Waals surface area contributed by atoms with Gasteiger partial charge in [-0.2, -0.15) is 5.26 Å². The summed E-state index contributed by atoms with van der Waals surface area (Å²) in [5.41, 5.74) is 0.921. The van der Waals surface area contributed by atoms with Gasteiger partial charge in [0.1, 0.15) is 5.92 Å². The van der Waals surface area contributed by atoms with Crippen LogP contribution in [0.25, 0.3) is 0 Å². The molecule has 1 rings (SSSR count). The average Bonchev–Trinajstić information content (AvgIpc) is 2.73. The molecule has 0 aliphatic rings. The normalized spacial score (nSPS) is 12.8. The van der Waals surface area contributed by atoms with Gasteiger partial charge in [-0.1, -0.05) is 34.1 Å². The summed E-state index contributed by atoms with van der Waals surface area (Å²) >= 11 is 1.40. The van der Waals surface area contributed by atoms with Gasteiger partial charge in [-0.25, -0.2) is 4.98 Å². The van der Waals surface area contributed by atoms with Crippen LogP contribution in [0.4, 0.5) is 5.13 Å². The number of rotatable bonds is 4. The van der Waals surface area contributed by atoms with Crippen LogP contribution >= 0.6 is 11.3 Å². The van der Waals surface area contributed by atoms with Crippen molar-refractivity contribution in [3.8, 4) is 6.07 Å². The standard InChI is InChI=1S/C13H19N3OS/c1-5-6-9(7-14)11(17)16-12-15-10(8-18-12)13(2,3)4/h8-9H,5-6H2,1-4H3,(H,15,16,17). The molecule has 0 radical (unpaired) electrons. The minimum Gasteiger partial charge on any atom is -0.301 e. The molecule has 0 saturated carbocycles. The van der Waals surface area contributed by atoms with E-state index in [-0.39, 0.29) is 11.3 Å². The monoisotopic (exact) mass is 265 g/mol. The van der Waals surface area contributed by atoms with Crippen molar-refractivity contribution < 1.29 is 4.79 Å². The van der Waals surface area contributed by atoms with Gasteiger partial charge in [-0.3, -0.25) is 4.79 Å². The first kappa shape index (κ1) is 14.7. The summed E-state index contributed by atoms with van der Waals surface area (Å²) in [5, 5.41) is 14.1. The van der Waals surface area contributed by atoms with Crippen LogP contribution in [-0.4, -0.2) is 10.9 Å². The van der Waals surface area contributed by atoms with E-state index in [9.17, 15) is 4.79 Å². The zero-order valence-electron chi connectivity index (χ0n) is 11.3. The number of thiazole rings is 1. The Morgan fingerprint density at radius 2 is 2.28 bits per heavy atom. The van der Waals surface area contributed by atoms with E-state index in [1.165, 1.54) is 11.3 Å². The number of nitrogens with one attached hydrogen (secondary N) is 1. The van der Waals surface area contributed by atoms with Crippen molar-refractivity contribution in [2.45, 2.75) is 46.0 Å². The molecule has 0 spiro atoms. The molecule has 4 nitrogen and oxygen atoms in total. The summed E-state index contributed by atoms with van der Waals surface area (Å²) in [4.78, 5) is 16.2. The van der Waals surface area contributed by atoms with E-state index in [0.29, 0.717) is 11.6 Å². The molecule has 5 heteroatoms. The number of anilines is 1. The number of nitrogens with zero attached hydrogens (tertiary/aromatic N) is 2. The zero-order valence-corrected chi connectivity index (χ0v) is 12.1.